The van der Waals surface area contributed by atoms with Gasteiger partial charge >= 0.3 is 6.03 Å². The van der Waals surface area contributed by atoms with Crippen molar-refractivity contribution < 1.29 is 4.79 Å². The summed E-state index contributed by atoms with van der Waals surface area (Å²) in [5.41, 5.74) is 3.02. The normalized spacial score (nSPS) is 13.1. The Balaban J connectivity index is 1.62. The van der Waals surface area contributed by atoms with Gasteiger partial charge in [-0.3, -0.25) is 0 Å². The number of nitrogens with zero attached hydrogens (tertiary/aromatic N) is 4. The molecule has 0 aliphatic heterocycles. The van der Waals surface area contributed by atoms with Gasteiger partial charge in [-0.25, -0.2) is 14.5 Å². The van der Waals surface area contributed by atoms with Crippen LogP contribution in [0.3, 0.4) is 0 Å². The average Bonchev–Trinajstić information content (AvgIpc) is 3.22. The highest BCUT2D eigenvalue weighted by Crippen LogP contribution is 2.16. The minimum atomic E-state index is -0.191. The quantitative estimate of drug-likeness (QED) is 0.663. The van der Waals surface area contributed by atoms with Crippen LogP contribution >= 0.6 is 0 Å². The lowest BCUT2D eigenvalue weighted by Gasteiger charge is -2.24. The molecular weight excluding hydrogens is 352 g/mol. The zero-order valence-electron chi connectivity index (χ0n) is 16.4. The van der Waals surface area contributed by atoms with Crippen molar-refractivity contribution in [2.24, 2.45) is 0 Å². The summed E-state index contributed by atoms with van der Waals surface area (Å²) in [6.07, 6.45) is 3.15. The number of nitrogens with one attached hydrogen (secondary N) is 2. The van der Waals surface area contributed by atoms with Gasteiger partial charge in [0.2, 0.25) is 0 Å². The van der Waals surface area contributed by atoms with Gasteiger partial charge in [0.15, 0.2) is 0 Å². The van der Waals surface area contributed by atoms with E-state index in [-0.39, 0.29) is 18.1 Å². The van der Waals surface area contributed by atoms with Crippen LogP contribution in [0.15, 0.2) is 67.3 Å². The largest absolute Gasteiger partial charge is 0.332 e. The Bertz CT molecular complexity index is 862. The van der Waals surface area contributed by atoms with Crippen LogP contribution in [0.1, 0.15) is 30.1 Å². The molecule has 2 unspecified atom stereocenters. The number of carbonyl (C=O) groups excluding carboxylic acids is 1. The summed E-state index contributed by atoms with van der Waals surface area (Å²) in [4.78, 5) is 18.6. The van der Waals surface area contributed by atoms with E-state index in [4.69, 9.17) is 0 Å². The molecule has 0 aliphatic rings. The number of carbonyl (C=O) groups is 1. The van der Waals surface area contributed by atoms with E-state index in [1.165, 1.54) is 6.33 Å². The smallest absolute Gasteiger partial charge is 0.315 e. The molecule has 0 radical (unpaired) electrons. The maximum absolute atomic E-state index is 12.6. The lowest BCUT2D eigenvalue weighted by Crippen LogP contribution is -2.42. The summed E-state index contributed by atoms with van der Waals surface area (Å²) in [7, 11) is 3.99. The lowest BCUT2D eigenvalue weighted by atomic mass is 10.1. The molecule has 1 aromatic heterocycles. The third kappa shape index (κ3) is 5.17. The van der Waals surface area contributed by atoms with Crippen LogP contribution in [-0.2, 0) is 0 Å². The van der Waals surface area contributed by atoms with E-state index in [9.17, 15) is 4.79 Å². The van der Waals surface area contributed by atoms with E-state index in [0.29, 0.717) is 0 Å². The van der Waals surface area contributed by atoms with Crippen molar-refractivity contribution in [3.63, 3.8) is 0 Å². The minimum Gasteiger partial charge on any atom is -0.332 e. The molecule has 3 aromatic rings. The van der Waals surface area contributed by atoms with E-state index < -0.39 is 0 Å². The Hall–Kier alpha value is -3.19. The van der Waals surface area contributed by atoms with Crippen molar-refractivity contribution in [3.05, 3.63) is 78.4 Å². The zero-order chi connectivity index (χ0) is 19.9. The maximum Gasteiger partial charge on any atom is 0.315 e. The number of hydrogen-bond donors (Lipinski definition) is 2. The predicted molar refractivity (Wildman–Crippen MR) is 109 cm³/mol. The Morgan fingerprint density at radius 3 is 2.36 bits per heavy atom. The van der Waals surface area contributed by atoms with Crippen LogP contribution in [0.4, 0.5) is 4.79 Å². The number of hydrogen-bond acceptors (Lipinski definition) is 4. The fourth-order valence-corrected chi connectivity index (χ4v) is 3.02. The van der Waals surface area contributed by atoms with Gasteiger partial charge in [-0.15, -0.1) is 0 Å². The monoisotopic (exact) mass is 378 g/mol. The fourth-order valence-electron chi connectivity index (χ4n) is 3.02. The highest BCUT2D eigenvalue weighted by atomic mass is 16.2. The van der Waals surface area contributed by atoms with Crippen LogP contribution in [0.2, 0.25) is 0 Å². The van der Waals surface area contributed by atoms with Crippen LogP contribution in [0.5, 0.6) is 0 Å². The summed E-state index contributed by atoms with van der Waals surface area (Å²) >= 11 is 0. The molecule has 0 aliphatic carbocycles. The summed E-state index contributed by atoms with van der Waals surface area (Å²) in [6, 6.07) is 17.5. The SMILES string of the molecule is CC(NC(=O)NC(CN(C)C)c1ccccc1)c1ccc(-n2cncn2)cc1. The molecule has 7 heteroatoms. The molecule has 7 nitrogen and oxygen atoms in total. The summed E-state index contributed by atoms with van der Waals surface area (Å²) < 4.78 is 1.69. The third-order valence-corrected chi connectivity index (χ3v) is 4.48. The van der Waals surface area contributed by atoms with Crippen molar-refractivity contribution in [2.75, 3.05) is 20.6 Å². The van der Waals surface area contributed by atoms with Crippen molar-refractivity contribution in [3.8, 4) is 5.69 Å². The summed E-state index contributed by atoms with van der Waals surface area (Å²) in [6.45, 7) is 2.69. The Morgan fingerprint density at radius 1 is 1.04 bits per heavy atom. The number of rotatable bonds is 7. The van der Waals surface area contributed by atoms with E-state index in [1.807, 2.05) is 75.6 Å². The fraction of sp³-hybridized carbons (Fsp3) is 0.286. The van der Waals surface area contributed by atoms with Gasteiger partial charge in [0, 0.05) is 6.54 Å². The molecule has 2 amide bonds. The van der Waals surface area contributed by atoms with Gasteiger partial charge in [0.1, 0.15) is 12.7 Å². The van der Waals surface area contributed by atoms with Gasteiger partial charge in [-0.2, -0.15) is 5.10 Å². The lowest BCUT2D eigenvalue weighted by molar-refractivity contribution is 0.230. The average molecular weight is 378 g/mol. The Labute approximate surface area is 165 Å². The number of likely N-dealkylation sites (N-methyl/N-ethyl adjacent to an activating group) is 1. The number of urea groups is 1. The second-order valence-corrected chi connectivity index (χ2v) is 7.00. The summed E-state index contributed by atoms with van der Waals surface area (Å²) in [5, 5.41) is 10.2. The van der Waals surface area contributed by atoms with Crippen molar-refractivity contribution >= 4 is 6.03 Å². The maximum atomic E-state index is 12.6. The van der Waals surface area contributed by atoms with Gasteiger partial charge in [0.05, 0.1) is 17.8 Å². The van der Waals surface area contributed by atoms with Gasteiger partial charge in [-0.1, -0.05) is 42.5 Å². The first-order chi connectivity index (χ1) is 13.5. The molecule has 1 heterocycles. The van der Waals surface area contributed by atoms with Crippen molar-refractivity contribution in [2.45, 2.75) is 19.0 Å². The second-order valence-electron chi connectivity index (χ2n) is 7.00. The van der Waals surface area contributed by atoms with Crippen LogP contribution in [0, 0.1) is 0 Å². The molecule has 146 valence electrons. The van der Waals surface area contributed by atoms with E-state index >= 15 is 0 Å². The van der Waals surface area contributed by atoms with E-state index in [2.05, 4.69) is 25.6 Å². The van der Waals surface area contributed by atoms with Crippen LogP contribution < -0.4 is 10.6 Å². The molecular formula is C21H26N6O. The molecule has 3 rings (SSSR count). The van der Waals surface area contributed by atoms with E-state index in [1.54, 1.807) is 11.0 Å². The van der Waals surface area contributed by atoms with Crippen molar-refractivity contribution in [1.82, 2.24) is 30.3 Å². The molecule has 0 bridgehead atoms. The predicted octanol–water partition coefficient (Wildman–Crippen LogP) is 2.93. The molecule has 2 aromatic carbocycles. The zero-order valence-corrected chi connectivity index (χ0v) is 16.4. The Morgan fingerprint density at radius 2 is 1.75 bits per heavy atom. The number of benzene rings is 2. The molecule has 0 fully saturated rings. The van der Waals surface area contributed by atoms with Crippen LogP contribution in [0.25, 0.3) is 5.69 Å². The number of aromatic nitrogens is 3. The van der Waals surface area contributed by atoms with Gasteiger partial charge in [0.25, 0.3) is 0 Å². The van der Waals surface area contributed by atoms with Crippen molar-refractivity contribution in [1.29, 1.82) is 0 Å². The first kappa shape index (κ1) is 19.6. The first-order valence-electron chi connectivity index (χ1n) is 9.24. The topological polar surface area (TPSA) is 75.1 Å². The molecule has 28 heavy (non-hydrogen) atoms. The number of amides is 2. The van der Waals surface area contributed by atoms with Gasteiger partial charge < -0.3 is 15.5 Å². The Kier molecular flexibility index (Phi) is 6.39. The highest BCUT2D eigenvalue weighted by Gasteiger charge is 2.17. The van der Waals surface area contributed by atoms with Crippen LogP contribution in [-0.4, -0.2) is 46.3 Å². The molecule has 2 N–H and O–H groups in total. The highest BCUT2D eigenvalue weighted by molar-refractivity contribution is 5.75. The summed E-state index contributed by atoms with van der Waals surface area (Å²) in [5.74, 6) is 0. The second kappa shape index (κ2) is 9.14. The standard InChI is InChI=1S/C21H26N6O/c1-16(17-9-11-19(12-10-17)27-15-22-14-23-27)24-21(28)25-20(13-26(2)3)18-7-5-4-6-8-18/h4-12,14-16,20H,13H2,1-3H3,(H2,24,25,28). The molecule has 0 saturated heterocycles. The molecule has 0 saturated carbocycles. The van der Waals surface area contributed by atoms with E-state index in [0.717, 1.165) is 23.4 Å². The first-order valence-corrected chi connectivity index (χ1v) is 9.24. The minimum absolute atomic E-state index is 0.0851. The third-order valence-electron chi connectivity index (χ3n) is 4.48. The molecule has 2 atom stereocenters. The van der Waals surface area contributed by atoms with Gasteiger partial charge in [-0.05, 0) is 44.3 Å². The molecule has 0 spiro atoms.